The Bertz CT molecular complexity index is 109. The molecule has 1 nitrogen and oxygen atoms in total. The molecule has 0 bridgehead atoms. The number of hydrogen-bond donors (Lipinski definition) is 1. The van der Waals surface area contributed by atoms with Gasteiger partial charge in [-0.15, -0.1) is 6.58 Å². The molecule has 0 unspecified atom stereocenters. The second-order valence-corrected chi connectivity index (χ2v) is 4.96. The number of allylic oxidation sites excluding steroid dienone is 1. The second kappa shape index (κ2) is 30.6. The SMILES string of the molecule is C=CC.CCCCCCCCCC.CCCCCO. The van der Waals surface area contributed by atoms with Crippen LogP contribution in [-0.2, 0) is 0 Å². The Morgan fingerprint density at radius 1 is 0.684 bits per heavy atom. The summed E-state index contributed by atoms with van der Waals surface area (Å²) in [6.07, 6.45) is 16.5. The summed E-state index contributed by atoms with van der Waals surface area (Å²) in [5.41, 5.74) is 0. The smallest absolute Gasteiger partial charge is 0.0431 e. The van der Waals surface area contributed by atoms with E-state index >= 15 is 0 Å². The van der Waals surface area contributed by atoms with Gasteiger partial charge in [0.25, 0.3) is 0 Å². The molecule has 19 heavy (non-hydrogen) atoms. The Hall–Kier alpha value is -0.300. The molecular formula is C18H40O. The Balaban J connectivity index is -0.000000242. The standard InChI is InChI=1S/C10H22.C5H12O.C3H6/c1-3-5-7-9-10-8-6-4-2;1-2-3-4-5-6;1-3-2/h3-10H2,1-2H3;6H,2-5H2,1H3;3H,1H2,2H3. The molecule has 0 radical (unpaired) electrons. The maximum Gasteiger partial charge on any atom is 0.0431 e. The van der Waals surface area contributed by atoms with E-state index in [0.29, 0.717) is 6.61 Å². The Kier molecular flexibility index (Phi) is 38.3. The van der Waals surface area contributed by atoms with Gasteiger partial charge in [-0.1, -0.05) is 91.1 Å². The monoisotopic (exact) mass is 272 g/mol. The van der Waals surface area contributed by atoms with Crippen LogP contribution in [0, 0.1) is 0 Å². The average molecular weight is 273 g/mol. The fourth-order valence-corrected chi connectivity index (χ4v) is 1.57. The lowest BCUT2D eigenvalue weighted by Gasteiger charge is -1.97. The third-order valence-corrected chi connectivity index (χ3v) is 2.72. The molecule has 0 fully saturated rings. The summed E-state index contributed by atoms with van der Waals surface area (Å²) >= 11 is 0. The molecule has 118 valence electrons. The van der Waals surface area contributed by atoms with Gasteiger partial charge >= 0.3 is 0 Å². The summed E-state index contributed by atoms with van der Waals surface area (Å²) in [7, 11) is 0. The van der Waals surface area contributed by atoms with Gasteiger partial charge in [-0.25, -0.2) is 0 Å². The average Bonchev–Trinajstić information content (AvgIpc) is 2.42. The van der Waals surface area contributed by atoms with Crippen LogP contribution in [0.2, 0.25) is 0 Å². The lowest BCUT2D eigenvalue weighted by molar-refractivity contribution is 0.284. The molecule has 1 heteroatoms. The number of hydrogen-bond acceptors (Lipinski definition) is 1. The van der Waals surface area contributed by atoms with Crippen molar-refractivity contribution in [2.24, 2.45) is 0 Å². The molecule has 0 aliphatic carbocycles. The molecule has 0 aromatic heterocycles. The lowest BCUT2D eigenvalue weighted by atomic mass is 10.1. The largest absolute Gasteiger partial charge is 0.396 e. The van der Waals surface area contributed by atoms with E-state index in [1.807, 2.05) is 6.92 Å². The van der Waals surface area contributed by atoms with E-state index in [-0.39, 0.29) is 0 Å². The van der Waals surface area contributed by atoms with Gasteiger partial charge in [0, 0.05) is 6.61 Å². The highest BCUT2D eigenvalue weighted by atomic mass is 16.2. The van der Waals surface area contributed by atoms with Crippen molar-refractivity contribution in [2.45, 2.75) is 98.3 Å². The van der Waals surface area contributed by atoms with Gasteiger partial charge in [-0.05, 0) is 13.3 Å². The van der Waals surface area contributed by atoms with Crippen LogP contribution in [0.25, 0.3) is 0 Å². The lowest BCUT2D eigenvalue weighted by Crippen LogP contribution is -1.78. The first kappa shape index (κ1) is 23.8. The van der Waals surface area contributed by atoms with Crippen molar-refractivity contribution in [2.75, 3.05) is 6.61 Å². The molecule has 1 N–H and O–H groups in total. The van der Waals surface area contributed by atoms with Gasteiger partial charge < -0.3 is 5.11 Å². The summed E-state index contributed by atoms with van der Waals surface area (Å²) in [6, 6.07) is 0. The van der Waals surface area contributed by atoms with Crippen LogP contribution in [0.1, 0.15) is 98.3 Å². The molecular weight excluding hydrogens is 232 g/mol. The summed E-state index contributed by atoms with van der Waals surface area (Å²) in [5.74, 6) is 0. The Morgan fingerprint density at radius 2 is 0.947 bits per heavy atom. The van der Waals surface area contributed by atoms with Crippen molar-refractivity contribution in [3.05, 3.63) is 12.7 Å². The minimum absolute atomic E-state index is 0.355. The van der Waals surface area contributed by atoms with Crippen LogP contribution in [0.3, 0.4) is 0 Å². The van der Waals surface area contributed by atoms with Gasteiger partial charge in [0.1, 0.15) is 0 Å². The van der Waals surface area contributed by atoms with Crippen molar-refractivity contribution in [3.8, 4) is 0 Å². The first-order valence-corrected chi connectivity index (χ1v) is 8.42. The fourth-order valence-electron chi connectivity index (χ4n) is 1.57. The van der Waals surface area contributed by atoms with Crippen LogP contribution < -0.4 is 0 Å². The van der Waals surface area contributed by atoms with Gasteiger partial charge in [-0.2, -0.15) is 0 Å². The van der Waals surface area contributed by atoms with Crippen molar-refractivity contribution in [3.63, 3.8) is 0 Å². The number of rotatable bonds is 10. The topological polar surface area (TPSA) is 20.2 Å². The zero-order valence-electron chi connectivity index (χ0n) is 14.2. The van der Waals surface area contributed by atoms with Gasteiger partial charge in [0.05, 0.1) is 0 Å². The minimum atomic E-state index is 0.355. The second-order valence-electron chi connectivity index (χ2n) is 4.96. The van der Waals surface area contributed by atoms with Crippen molar-refractivity contribution < 1.29 is 5.11 Å². The molecule has 0 aliphatic heterocycles. The summed E-state index contributed by atoms with van der Waals surface area (Å²) in [6.45, 7) is 12.3. The van der Waals surface area contributed by atoms with Crippen molar-refractivity contribution in [1.82, 2.24) is 0 Å². The van der Waals surface area contributed by atoms with E-state index < -0.39 is 0 Å². The van der Waals surface area contributed by atoms with Gasteiger partial charge in [0.2, 0.25) is 0 Å². The molecule has 0 atom stereocenters. The summed E-state index contributed by atoms with van der Waals surface area (Å²) < 4.78 is 0. The number of aliphatic hydroxyl groups excluding tert-OH is 1. The van der Waals surface area contributed by atoms with E-state index in [1.54, 1.807) is 6.08 Å². The number of unbranched alkanes of at least 4 members (excludes halogenated alkanes) is 9. The zero-order chi connectivity index (χ0) is 15.2. The van der Waals surface area contributed by atoms with E-state index in [9.17, 15) is 0 Å². The Labute approximate surface area is 123 Å². The molecule has 0 aliphatic rings. The predicted molar refractivity (Wildman–Crippen MR) is 90.8 cm³/mol. The zero-order valence-corrected chi connectivity index (χ0v) is 14.2. The molecule has 0 aromatic rings. The predicted octanol–water partition coefficient (Wildman–Crippen LogP) is 6.51. The third-order valence-electron chi connectivity index (χ3n) is 2.72. The highest BCUT2D eigenvalue weighted by molar-refractivity contribution is 4.51. The van der Waals surface area contributed by atoms with Crippen LogP contribution in [-0.4, -0.2) is 11.7 Å². The normalized spacial score (nSPS) is 8.89. The van der Waals surface area contributed by atoms with E-state index in [1.165, 1.54) is 57.8 Å². The van der Waals surface area contributed by atoms with Crippen LogP contribution in [0.4, 0.5) is 0 Å². The third kappa shape index (κ3) is 46.4. The summed E-state index contributed by atoms with van der Waals surface area (Å²) in [4.78, 5) is 0. The van der Waals surface area contributed by atoms with Crippen LogP contribution >= 0.6 is 0 Å². The molecule has 0 heterocycles. The van der Waals surface area contributed by atoms with Gasteiger partial charge in [0.15, 0.2) is 0 Å². The van der Waals surface area contributed by atoms with E-state index in [0.717, 1.165) is 12.8 Å². The van der Waals surface area contributed by atoms with Crippen molar-refractivity contribution in [1.29, 1.82) is 0 Å². The first-order chi connectivity index (χ1) is 9.24. The minimum Gasteiger partial charge on any atom is -0.396 e. The van der Waals surface area contributed by atoms with Crippen LogP contribution in [0.15, 0.2) is 12.7 Å². The molecule has 0 amide bonds. The molecule has 0 saturated carbocycles. The fraction of sp³-hybridized carbons (Fsp3) is 0.889. The summed E-state index contributed by atoms with van der Waals surface area (Å²) in [5, 5.41) is 8.20. The first-order valence-electron chi connectivity index (χ1n) is 8.42. The Morgan fingerprint density at radius 3 is 1.16 bits per heavy atom. The quantitative estimate of drug-likeness (QED) is 0.355. The number of aliphatic hydroxyl groups is 1. The molecule has 0 aromatic carbocycles. The highest BCUT2D eigenvalue weighted by Crippen LogP contribution is 2.07. The van der Waals surface area contributed by atoms with Crippen molar-refractivity contribution >= 4 is 0 Å². The van der Waals surface area contributed by atoms with Crippen LogP contribution in [0.5, 0.6) is 0 Å². The van der Waals surface area contributed by atoms with E-state index in [2.05, 4.69) is 27.4 Å². The maximum absolute atomic E-state index is 8.20. The van der Waals surface area contributed by atoms with Gasteiger partial charge in [-0.3, -0.25) is 0 Å². The van der Waals surface area contributed by atoms with E-state index in [4.69, 9.17) is 5.11 Å². The molecule has 0 spiro atoms. The highest BCUT2D eigenvalue weighted by Gasteiger charge is 1.87. The molecule has 0 saturated heterocycles. The molecule has 0 rings (SSSR count). The maximum atomic E-state index is 8.20.